The molecule has 14 heavy (non-hydrogen) atoms. The second-order valence-corrected chi connectivity index (χ2v) is 3.99. The van der Waals surface area contributed by atoms with Crippen molar-refractivity contribution < 1.29 is 4.79 Å². The Bertz CT molecular complexity index is 180. The van der Waals surface area contributed by atoms with Gasteiger partial charge in [-0.2, -0.15) is 0 Å². The third kappa shape index (κ3) is 3.54. The monoisotopic (exact) mass is 201 g/mol. The summed E-state index contributed by atoms with van der Waals surface area (Å²) in [7, 11) is 0. The highest BCUT2D eigenvalue weighted by molar-refractivity contribution is 5.75. The Morgan fingerprint density at radius 2 is 2.00 bits per heavy atom. The van der Waals surface area contributed by atoms with E-state index in [0.717, 1.165) is 13.0 Å². The lowest BCUT2D eigenvalue weighted by molar-refractivity contribution is 0.143. The number of hydrogen-bond donors (Lipinski definition) is 2. The average Bonchev–Trinajstić information content (AvgIpc) is 2.15. The smallest absolute Gasteiger partial charge is 0.317 e. The number of urea groups is 1. The second-order valence-electron chi connectivity index (χ2n) is 3.99. The summed E-state index contributed by atoms with van der Waals surface area (Å²) in [5.74, 6) is 0. The topological polar surface area (TPSA) is 58.4 Å². The van der Waals surface area contributed by atoms with Gasteiger partial charge in [0.2, 0.25) is 0 Å². The quantitative estimate of drug-likeness (QED) is 0.701. The zero-order valence-corrected chi connectivity index (χ0v) is 9.76. The van der Waals surface area contributed by atoms with Crippen LogP contribution in [0.2, 0.25) is 0 Å². The molecular weight excluding hydrogens is 178 g/mol. The zero-order chi connectivity index (χ0) is 11.2. The van der Waals surface area contributed by atoms with E-state index in [4.69, 9.17) is 5.73 Å². The predicted octanol–water partition coefficient (Wildman–Crippen LogP) is 1.17. The lowest BCUT2D eigenvalue weighted by Gasteiger charge is -2.36. The molecule has 4 nitrogen and oxygen atoms in total. The highest BCUT2D eigenvalue weighted by atomic mass is 16.2. The van der Waals surface area contributed by atoms with Gasteiger partial charge in [0.25, 0.3) is 0 Å². The molecule has 0 atom stereocenters. The Morgan fingerprint density at radius 3 is 2.36 bits per heavy atom. The van der Waals surface area contributed by atoms with Crippen molar-refractivity contribution in [2.24, 2.45) is 5.73 Å². The molecule has 84 valence electrons. The van der Waals surface area contributed by atoms with Gasteiger partial charge < -0.3 is 16.0 Å². The molecule has 0 aromatic rings. The molecule has 2 amide bonds. The van der Waals surface area contributed by atoms with Gasteiger partial charge in [-0.3, -0.25) is 0 Å². The van der Waals surface area contributed by atoms with Gasteiger partial charge in [0.15, 0.2) is 0 Å². The maximum atomic E-state index is 11.7. The number of hydrogen-bond acceptors (Lipinski definition) is 2. The van der Waals surface area contributed by atoms with Gasteiger partial charge in [-0.05, 0) is 27.2 Å². The van der Waals surface area contributed by atoms with Crippen molar-refractivity contribution in [2.75, 3.05) is 19.6 Å². The van der Waals surface area contributed by atoms with E-state index in [2.05, 4.69) is 5.32 Å². The molecule has 0 aromatic carbocycles. The number of amides is 2. The van der Waals surface area contributed by atoms with Crippen molar-refractivity contribution >= 4 is 6.03 Å². The van der Waals surface area contributed by atoms with E-state index in [-0.39, 0.29) is 11.6 Å². The minimum Gasteiger partial charge on any atom is -0.338 e. The Kier molecular flexibility index (Phi) is 5.53. The molecule has 0 saturated carbocycles. The zero-order valence-electron chi connectivity index (χ0n) is 9.76. The Hall–Kier alpha value is -0.770. The van der Waals surface area contributed by atoms with Gasteiger partial charge in [0.05, 0.1) is 5.54 Å². The molecule has 0 aliphatic carbocycles. The van der Waals surface area contributed by atoms with Crippen LogP contribution in [0.5, 0.6) is 0 Å². The molecule has 0 aromatic heterocycles. The van der Waals surface area contributed by atoms with Gasteiger partial charge in [0, 0.05) is 19.6 Å². The summed E-state index contributed by atoms with van der Waals surface area (Å²) in [4.78, 5) is 13.5. The minimum absolute atomic E-state index is 0.0233. The van der Waals surface area contributed by atoms with Crippen LogP contribution in [0, 0.1) is 0 Å². The van der Waals surface area contributed by atoms with Crippen molar-refractivity contribution in [2.45, 2.75) is 39.7 Å². The van der Waals surface area contributed by atoms with Gasteiger partial charge >= 0.3 is 6.03 Å². The first-order valence-corrected chi connectivity index (χ1v) is 5.25. The molecule has 0 aliphatic heterocycles. The summed E-state index contributed by atoms with van der Waals surface area (Å²) in [5, 5.41) is 2.86. The first-order chi connectivity index (χ1) is 6.49. The number of nitrogens with zero attached hydrogens (tertiary/aromatic N) is 1. The SMILES string of the molecule is CCCNC(=O)N(CC)C(C)(C)CN. The Morgan fingerprint density at radius 1 is 1.43 bits per heavy atom. The molecule has 0 aliphatic rings. The van der Waals surface area contributed by atoms with E-state index >= 15 is 0 Å². The van der Waals surface area contributed by atoms with E-state index in [1.54, 1.807) is 4.90 Å². The molecular formula is C10H23N3O. The van der Waals surface area contributed by atoms with Crippen LogP contribution in [0.4, 0.5) is 4.79 Å². The molecule has 3 N–H and O–H groups in total. The molecule has 0 bridgehead atoms. The van der Waals surface area contributed by atoms with Crippen molar-refractivity contribution in [3.05, 3.63) is 0 Å². The van der Waals surface area contributed by atoms with E-state index in [1.165, 1.54) is 0 Å². The highest BCUT2D eigenvalue weighted by Crippen LogP contribution is 2.12. The normalized spacial score (nSPS) is 11.2. The minimum atomic E-state index is -0.271. The summed E-state index contributed by atoms with van der Waals surface area (Å²) in [6, 6.07) is -0.0233. The third-order valence-electron chi connectivity index (χ3n) is 2.32. The standard InChI is InChI=1S/C10H23N3O/c1-5-7-12-9(14)13(6-2)10(3,4)8-11/h5-8,11H2,1-4H3,(H,12,14). The molecule has 0 unspecified atom stereocenters. The first-order valence-electron chi connectivity index (χ1n) is 5.25. The molecule has 0 rings (SSSR count). The number of nitrogens with two attached hydrogens (primary N) is 1. The summed E-state index contributed by atoms with van der Waals surface area (Å²) >= 11 is 0. The van der Waals surface area contributed by atoms with E-state index in [1.807, 2.05) is 27.7 Å². The maximum absolute atomic E-state index is 11.7. The highest BCUT2D eigenvalue weighted by Gasteiger charge is 2.27. The third-order valence-corrected chi connectivity index (χ3v) is 2.32. The van der Waals surface area contributed by atoms with E-state index in [9.17, 15) is 4.79 Å². The van der Waals surface area contributed by atoms with Gasteiger partial charge in [-0.15, -0.1) is 0 Å². The molecule has 0 fully saturated rings. The van der Waals surface area contributed by atoms with Crippen molar-refractivity contribution in [3.63, 3.8) is 0 Å². The number of carbonyl (C=O) groups excluding carboxylic acids is 1. The molecule has 0 radical (unpaired) electrons. The van der Waals surface area contributed by atoms with Crippen LogP contribution in [0.15, 0.2) is 0 Å². The Labute approximate surface area is 86.8 Å². The summed E-state index contributed by atoms with van der Waals surface area (Å²) in [6.07, 6.45) is 0.951. The summed E-state index contributed by atoms with van der Waals surface area (Å²) in [5.41, 5.74) is 5.36. The van der Waals surface area contributed by atoms with Gasteiger partial charge in [-0.1, -0.05) is 6.92 Å². The van der Waals surface area contributed by atoms with Crippen LogP contribution in [0.3, 0.4) is 0 Å². The van der Waals surface area contributed by atoms with Crippen molar-refractivity contribution in [3.8, 4) is 0 Å². The Balaban J connectivity index is 4.32. The molecule has 0 heterocycles. The van der Waals surface area contributed by atoms with Gasteiger partial charge in [-0.25, -0.2) is 4.79 Å². The molecule has 4 heteroatoms. The van der Waals surface area contributed by atoms with Crippen LogP contribution in [-0.4, -0.2) is 36.1 Å². The number of likely N-dealkylation sites (N-methyl/N-ethyl adjacent to an activating group) is 1. The van der Waals surface area contributed by atoms with Crippen LogP contribution in [-0.2, 0) is 0 Å². The number of nitrogens with one attached hydrogen (secondary N) is 1. The summed E-state index contributed by atoms with van der Waals surface area (Å²) in [6.45, 7) is 9.81. The molecule has 0 spiro atoms. The fourth-order valence-electron chi connectivity index (χ4n) is 1.28. The van der Waals surface area contributed by atoms with Crippen molar-refractivity contribution in [1.29, 1.82) is 0 Å². The molecule has 0 saturated heterocycles. The van der Waals surface area contributed by atoms with Crippen LogP contribution in [0.25, 0.3) is 0 Å². The van der Waals surface area contributed by atoms with E-state index in [0.29, 0.717) is 13.1 Å². The lowest BCUT2D eigenvalue weighted by atomic mass is 10.0. The second kappa shape index (κ2) is 5.86. The fraction of sp³-hybridized carbons (Fsp3) is 0.900. The maximum Gasteiger partial charge on any atom is 0.317 e. The largest absolute Gasteiger partial charge is 0.338 e. The van der Waals surface area contributed by atoms with Gasteiger partial charge in [0.1, 0.15) is 0 Å². The van der Waals surface area contributed by atoms with Crippen LogP contribution in [0.1, 0.15) is 34.1 Å². The van der Waals surface area contributed by atoms with Crippen LogP contribution < -0.4 is 11.1 Å². The first kappa shape index (κ1) is 13.2. The lowest BCUT2D eigenvalue weighted by Crippen LogP contribution is -2.55. The van der Waals surface area contributed by atoms with Crippen LogP contribution >= 0.6 is 0 Å². The fourth-order valence-corrected chi connectivity index (χ4v) is 1.28. The predicted molar refractivity (Wildman–Crippen MR) is 59.2 cm³/mol. The summed E-state index contributed by atoms with van der Waals surface area (Å²) < 4.78 is 0. The number of rotatable bonds is 5. The average molecular weight is 201 g/mol. The van der Waals surface area contributed by atoms with Crippen molar-refractivity contribution in [1.82, 2.24) is 10.2 Å². The van der Waals surface area contributed by atoms with E-state index < -0.39 is 0 Å². The number of carbonyl (C=O) groups is 1.